The third-order valence-electron chi connectivity index (χ3n) is 4.68. The predicted molar refractivity (Wildman–Crippen MR) is 105 cm³/mol. The molecule has 0 spiro atoms. The Balaban J connectivity index is 1.47. The summed E-state index contributed by atoms with van der Waals surface area (Å²) in [6.45, 7) is 4.50. The summed E-state index contributed by atoms with van der Waals surface area (Å²) in [5, 5.41) is 1.04. The molecule has 130 valence electrons. The van der Waals surface area contributed by atoms with E-state index >= 15 is 0 Å². The fourth-order valence-electron chi connectivity index (χ4n) is 3.36. The van der Waals surface area contributed by atoms with Gasteiger partial charge in [-0.2, -0.15) is 0 Å². The minimum atomic E-state index is 0.240. The van der Waals surface area contributed by atoms with Crippen molar-refractivity contribution in [3.63, 3.8) is 0 Å². The number of rotatable bonds is 8. The molecule has 0 aliphatic rings. The standard InChI is InChI=1S/C23H27NO/c1-17(2)15-19-13-11-18(12-14-19)7-3-6-10-23(25)21-16-24-22-9-5-4-8-20(21)22/h4-5,8-9,11-14,16-17,24H,3,6-7,10,15H2,1-2H3. The van der Waals surface area contributed by atoms with Crippen molar-refractivity contribution in [3.05, 3.63) is 71.4 Å². The first-order chi connectivity index (χ1) is 12.1. The second kappa shape index (κ2) is 8.15. The van der Waals surface area contributed by atoms with E-state index in [0.29, 0.717) is 12.3 Å². The molecule has 0 unspecified atom stereocenters. The van der Waals surface area contributed by atoms with Gasteiger partial charge in [0.2, 0.25) is 0 Å². The fraction of sp³-hybridized carbons (Fsp3) is 0.348. The van der Waals surface area contributed by atoms with Crippen LogP contribution in [-0.4, -0.2) is 10.8 Å². The van der Waals surface area contributed by atoms with Gasteiger partial charge in [0, 0.05) is 29.1 Å². The SMILES string of the molecule is CC(C)Cc1ccc(CCCCC(=O)c2c[nH]c3ccccc23)cc1. The molecule has 0 atom stereocenters. The van der Waals surface area contributed by atoms with Crippen LogP contribution >= 0.6 is 0 Å². The van der Waals surface area contributed by atoms with Gasteiger partial charge in [0.05, 0.1) is 0 Å². The highest BCUT2D eigenvalue weighted by Crippen LogP contribution is 2.20. The first-order valence-electron chi connectivity index (χ1n) is 9.30. The molecule has 2 nitrogen and oxygen atoms in total. The van der Waals surface area contributed by atoms with Gasteiger partial charge in [0.25, 0.3) is 0 Å². The summed E-state index contributed by atoms with van der Waals surface area (Å²) in [4.78, 5) is 15.6. The van der Waals surface area contributed by atoms with Crippen LogP contribution in [0.1, 0.15) is 54.6 Å². The van der Waals surface area contributed by atoms with Crippen LogP contribution in [0.5, 0.6) is 0 Å². The van der Waals surface area contributed by atoms with Crippen LogP contribution in [0.15, 0.2) is 54.7 Å². The molecule has 3 aromatic rings. The third-order valence-corrected chi connectivity index (χ3v) is 4.68. The highest BCUT2D eigenvalue weighted by Gasteiger charge is 2.11. The van der Waals surface area contributed by atoms with Crippen molar-refractivity contribution in [1.82, 2.24) is 4.98 Å². The number of fused-ring (bicyclic) bond motifs is 1. The Morgan fingerprint density at radius 1 is 0.960 bits per heavy atom. The average molecular weight is 333 g/mol. The topological polar surface area (TPSA) is 32.9 Å². The van der Waals surface area contributed by atoms with Crippen molar-refractivity contribution < 1.29 is 4.79 Å². The maximum atomic E-state index is 12.5. The fourth-order valence-corrected chi connectivity index (χ4v) is 3.36. The van der Waals surface area contributed by atoms with E-state index in [1.807, 2.05) is 30.5 Å². The Bertz CT molecular complexity index is 827. The second-order valence-corrected chi connectivity index (χ2v) is 7.29. The van der Waals surface area contributed by atoms with Gasteiger partial charge in [0.15, 0.2) is 5.78 Å². The van der Waals surface area contributed by atoms with Crippen molar-refractivity contribution in [2.45, 2.75) is 46.0 Å². The van der Waals surface area contributed by atoms with Gasteiger partial charge in [-0.05, 0) is 48.8 Å². The number of para-hydroxylation sites is 1. The first kappa shape index (κ1) is 17.5. The third kappa shape index (κ3) is 4.60. The van der Waals surface area contributed by atoms with Crippen molar-refractivity contribution in [2.75, 3.05) is 0 Å². The lowest BCUT2D eigenvalue weighted by atomic mass is 9.99. The van der Waals surface area contributed by atoms with E-state index in [-0.39, 0.29) is 5.78 Å². The summed E-state index contributed by atoms with van der Waals surface area (Å²) in [6.07, 6.45) is 6.64. The van der Waals surface area contributed by atoms with Crippen molar-refractivity contribution in [3.8, 4) is 0 Å². The van der Waals surface area contributed by atoms with Gasteiger partial charge >= 0.3 is 0 Å². The van der Waals surface area contributed by atoms with Gasteiger partial charge in [0.1, 0.15) is 0 Å². The van der Waals surface area contributed by atoms with E-state index in [0.717, 1.165) is 42.1 Å². The van der Waals surface area contributed by atoms with Crippen LogP contribution in [0.3, 0.4) is 0 Å². The molecule has 0 saturated carbocycles. The molecule has 1 N–H and O–H groups in total. The average Bonchev–Trinajstić information content (AvgIpc) is 3.03. The van der Waals surface area contributed by atoms with E-state index in [2.05, 4.69) is 43.1 Å². The van der Waals surface area contributed by atoms with Crippen LogP contribution in [0.25, 0.3) is 10.9 Å². The number of hydrogen-bond donors (Lipinski definition) is 1. The van der Waals surface area contributed by atoms with Gasteiger partial charge in [-0.3, -0.25) is 4.79 Å². The van der Waals surface area contributed by atoms with Crippen LogP contribution < -0.4 is 0 Å². The van der Waals surface area contributed by atoms with Crippen LogP contribution in [-0.2, 0) is 12.8 Å². The summed E-state index contributed by atoms with van der Waals surface area (Å²) in [5.41, 5.74) is 4.64. The summed E-state index contributed by atoms with van der Waals surface area (Å²) in [7, 11) is 0. The number of carbonyl (C=O) groups is 1. The van der Waals surface area contributed by atoms with Crippen LogP contribution in [0.2, 0.25) is 0 Å². The van der Waals surface area contributed by atoms with E-state index in [1.54, 1.807) is 0 Å². The molecule has 1 aromatic heterocycles. The minimum absolute atomic E-state index is 0.240. The quantitative estimate of drug-likeness (QED) is 0.400. The number of hydrogen-bond acceptors (Lipinski definition) is 1. The van der Waals surface area contributed by atoms with E-state index < -0.39 is 0 Å². The molecule has 0 bridgehead atoms. The largest absolute Gasteiger partial charge is 0.360 e. The van der Waals surface area contributed by atoms with Crippen LogP contribution in [0.4, 0.5) is 0 Å². The number of aromatic amines is 1. The Hall–Kier alpha value is -2.35. The molecular weight excluding hydrogens is 306 g/mol. The van der Waals surface area contributed by atoms with Crippen molar-refractivity contribution in [1.29, 1.82) is 0 Å². The minimum Gasteiger partial charge on any atom is -0.360 e. The number of carbonyl (C=O) groups excluding carboxylic acids is 1. The Labute approximate surface area is 150 Å². The predicted octanol–water partition coefficient (Wildman–Crippen LogP) is 5.96. The lowest BCUT2D eigenvalue weighted by Gasteiger charge is -2.06. The van der Waals surface area contributed by atoms with Crippen LogP contribution in [0, 0.1) is 5.92 Å². The normalized spacial score (nSPS) is 11.3. The lowest BCUT2D eigenvalue weighted by Crippen LogP contribution is -1.98. The number of aromatic nitrogens is 1. The molecule has 0 saturated heterocycles. The summed E-state index contributed by atoms with van der Waals surface area (Å²) in [5.74, 6) is 0.936. The molecule has 1 heterocycles. The number of Topliss-reactive ketones (excluding diaryl/α,β-unsaturated/α-hetero) is 1. The van der Waals surface area contributed by atoms with E-state index in [1.165, 1.54) is 11.1 Å². The number of benzene rings is 2. The highest BCUT2D eigenvalue weighted by molar-refractivity contribution is 6.07. The molecular formula is C23H27NO. The molecule has 0 aliphatic carbocycles. The Kier molecular flexibility index (Phi) is 5.70. The number of aryl methyl sites for hydroxylation is 1. The van der Waals surface area contributed by atoms with Gasteiger partial charge in [-0.1, -0.05) is 56.3 Å². The Morgan fingerprint density at radius 3 is 2.44 bits per heavy atom. The second-order valence-electron chi connectivity index (χ2n) is 7.29. The summed E-state index contributed by atoms with van der Waals surface area (Å²) in [6, 6.07) is 16.9. The first-order valence-corrected chi connectivity index (χ1v) is 9.30. The maximum absolute atomic E-state index is 12.5. The number of unbranched alkanes of at least 4 members (excludes halogenated alkanes) is 1. The highest BCUT2D eigenvalue weighted by atomic mass is 16.1. The molecule has 25 heavy (non-hydrogen) atoms. The molecule has 0 amide bonds. The zero-order valence-electron chi connectivity index (χ0n) is 15.2. The Morgan fingerprint density at radius 2 is 1.68 bits per heavy atom. The molecule has 3 rings (SSSR count). The van der Waals surface area contributed by atoms with E-state index in [9.17, 15) is 4.79 Å². The van der Waals surface area contributed by atoms with Gasteiger partial charge in [-0.15, -0.1) is 0 Å². The maximum Gasteiger partial charge on any atom is 0.165 e. The number of H-pyrrole nitrogens is 1. The summed E-state index contributed by atoms with van der Waals surface area (Å²) >= 11 is 0. The van der Waals surface area contributed by atoms with Gasteiger partial charge < -0.3 is 4.98 Å². The van der Waals surface area contributed by atoms with Crippen molar-refractivity contribution >= 4 is 16.7 Å². The molecule has 2 aromatic carbocycles. The zero-order valence-corrected chi connectivity index (χ0v) is 15.2. The number of nitrogens with one attached hydrogen (secondary N) is 1. The molecule has 2 heteroatoms. The molecule has 0 aliphatic heterocycles. The summed E-state index contributed by atoms with van der Waals surface area (Å²) < 4.78 is 0. The smallest absolute Gasteiger partial charge is 0.165 e. The van der Waals surface area contributed by atoms with Gasteiger partial charge in [-0.25, -0.2) is 0 Å². The lowest BCUT2D eigenvalue weighted by molar-refractivity contribution is 0.0981. The van der Waals surface area contributed by atoms with E-state index in [4.69, 9.17) is 0 Å². The monoisotopic (exact) mass is 333 g/mol. The number of ketones is 1. The molecule has 0 radical (unpaired) electrons. The van der Waals surface area contributed by atoms with Crippen molar-refractivity contribution in [2.24, 2.45) is 5.92 Å². The zero-order chi connectivity index (χ0) is 17.6. The molecule has 0 fully saturated rings.